The Morgan fingerprint density at radius 2 is 2.32 bits per heavy atom. The molecule has 8 nitrogen and oxygen atoms in total. The van der Waals surface area contributed by atoms with E-state index < -0.39 is 4.92 Å². The summed E-state index contributed by atoms with van der Waals surface area (Å²) in [6.45, 7) is 0.379. The summed E-state index contributed by atoms with van der Waals surface area (Å²) in [5.74, 6) is 0.890. The van der Waals surface area contributed by atoms with E-state index in [1.54, 1.807) is 17.9 Å². The van der Waals surface area contributed by atoms with E-state index in [0.29, 0.717) is 18.2 Å². The Balaban J connectivity index is 2.12. The number of pyridine rings is 1. The molecule has 0 unspecified atom stereocenters. The number of nitrogen functional groups attached to an aromatic ring is 1. The zero-order valence-electron chi connectivity index (χ0n) is 10.00. The number of nitrogens with two attached hydrogens (primary N) is 1. The highest BCUT2D eigenvalue weighted by molar-refractivity contribution is 6.33. The first-order chi connectivity index (χ1) is 8.99. The lowest BCUT2D eigenvalue weighted by molar-refractivity contribution is -0.385. The standard InChI is InChI=1S/C10H11ClN6O2/c1-16-9(12)6(4-15-16)3-13-10-8(11)2-7(5-14-10)17(18)19/h2,4-5H,3,12H2,1H3,(H,13,14). The molecule has 0 aliphatic rings. The number of nitrogens with zero attached hydrogens (tertiary/aromatic N) is 4. The van der Waals surface area contributed by atoms with Crippen LogP contribution in [-0.2, 0) is 13.6 Å². The lowest BCUT2D eigenvalue weighted by Gasteiger charge is -2.06. The highest BCUT2D eigenvalue weighted by Gasteiger charge is 2.11. The minimum atomic E-state index is -0.554. The SMILES string of the molecule is Cn1ncc(CNc2ncc([N+](=O)[O-])cc2Cl)c1N. The average molecular weight is 283 g/mol. The average Bonchev–Trinajstić information content (AvgIpc) is 2.68. The van der Waals surface area contributed by atoms with Crippen molar-refractivity contribution in [3.63, 3.8) is 0 Å². The van der Waals surface area contributed by atoms with Crippen LogP contribution in [0.5, 0.6) is 0 Å². The Morgan fingerprint density at radius 1 is 1.58 bits per heavy atom. The van der Waals surface area contributed by atoms with Gasteiger partial charge in [-0.1, -0.05) is 11.6 Å². The summed E-state index contributed by atoms with van der Waals surface area (Å²) in [6, 6.07) is 1.24. The van der Waals surface area contributed by atoms with E-state index in [4.69, 9.17) is 17.3 Å². The molecule has 0 aliphatic heterocycles. The molecule has 9 heteroatoms. The predicted molar refractivity (Wildman–Crippen MR) is 70.8 cm³/mol. The second-order valence-electron chi connectivity index (χ2n) is 3.81. The van der Waals surface area contributed by atoms with Crippen molar-refractivity contribution in [1.82, 2.24) is 14.8 Å². The fourth-order valence-corrected chi connectivity index (χ4v) is 1.69. The van der Waals surface area contributed by atoms with Gasteiger partial charge in [0.2, 0.25) is 0 Å². The lowest BCUT2D eigenvalue weighted by Crippen LogP contribution is -2.05. The maximum atomic E-state index is 10.6. The molecule has 0 aliphatic carbocycles. The Bertz CT molecular complexity index is 626. The van der Waals surface area contributed by atoms with E-state index in [9.17, 15) is 10.1 Å². The van der Waals surface area contributed by atoms with Crippen molar-refractivity contribution in [2.45, 2.75) is 6.54 Å². The maximum absolute atomic E-state index is 10.6. The van der Waals surface area contributed by atoms with Crippen molar-refractivity contribution < 1.29 is 4.92 Å². The summed E-state index contributed by atoms with van der Waals surface area (Å²) in [7, 11) is 1.73. The van der Waals surface area contributed by atoms with Gasteiger partial charge in [0.1, 0.15) is 17.8 Å². The Labute approximate surface area is 113 Å². The molecule has 0 saturated carbocycles. The molecule has 0 bridgehead atoms. The van der Waals surface area contributed by atoms with Crippen molar-refractivity contribution in [2.75, 3.05) is 11.1 Å². The Kier molecular flexibility index (Phi) is 3.52. The molecular weight excluding hydrogens is 272 g/mol. The van der Waals surface area contributed by atoms with Gasteiger partial charge in [-0.25, -0.2) is 4.98 Å². The van der Waals surface area contributed by atoms with Crippen LogP contribution in [0.3, 0.4) is 0 Å². The quantitative estimate of drug-likeness (QED) is 0.650. The van der Waals surface area contributed by atoms with Gasteiger partial charge in [0.25, 0.3) is 5.69 Å². The number of nitro groups is 1. The third-order valence-corrected chi connectivity index (χ3v) is 2.84. The van der Waals surface area contributed by atoms with Gasteiger partial charge in [0, 0.05) is 25.2 Å². The van der Waals surface area contributed by atoms with Gasteiger partial charge in [0.05, 0.1) is 16.1 Å². The van der Waals surface area contributed by atoms with Crippen LogP contribution < -0.4 is 11.1 Å². The highest BCUT2D eigenvalue weighted by atomic mass is 35.5. The van der Waals surface area contributed by atoms with Crippen molar-refractivity contribution >= 4 is 28.9 Å². The number of anilines is 2. The van der Waals surface area contributed by atoms with Crippen LogP contribution in [0.2, 0.25) is 5.02 Å². The summed E-state index contributed by atoms with van der Waals surface area (Å²) in [4.78, 5) is 13.9. The van der Waals surface area contributed by atoms with Crippen molar-refractivity contribution in [3.8, 4) is 0 Å². The molecule has 0 spiro atoms. The van der Waals surface area contributed by atoms with Crippen LogP contribution in [0.25, 0.3) is 0 Å². The normalized spacial score (nSPS) is 10.4. The number of rotatable bonds is 4. The van der Waals surface area contributed by atoms with Crippen molar-refractivity contribution in [3.05, 3.63) is 39.2 Å². The van der Waals surface area contributed by atoms with E-state index in [0.717, 1.165) is 11.8 Å². The Hall–Kier alpha value is -2.35. The van der Waals surface area contributed by atoms with E-state index in [-0.39, 0.29) is 10.7 Å². The molecule has 0 amide bonds. The van der Waals surface area contributed by atoms with Gasteiger partial charge in [-0.3, -0.25) is 14.8 Å². The van der Waals surface area contributed by atoms with E-state index >= 15 is 0 Å². The third-order valence-electron chi connectivity index (χ3n) is 2.55. The van der Waals surface area contributed by atoms with Crippen LogP contribution in [0.1, 0.15) is 5.56 Å². The smallest absolute Gasteiger partial charge is 0.289 e. The molecule has 2 aromatic heterocycles. The number of nitrogens with one attached hydrogen (secondary N) is 1. The number of hydrogen-bond acceptors (Lipinski definition) is 6. The molecule has 19 heavy (non-hydrogen) atoms. The molecule has 0 fully saturated rings. The molecule has 0 aromatic carbocycles. The van der Waals surface area contributed by atoms with E-state index in [2.05, 4.69) is 15.4 Å². The fraction of sp³-hybridized carbons (Fsp3) is 0.200. The lowest BCUT2D eigenvalue weighted by atomic mass is 10.3. The molecule has 0 radical (unpaired) electrons. The number of hydrogen-bond donors (Lipinski definition) is 2. The maximum Gasteiger partial charge on any atom is 0.289 e. The molecule has 3 N–H and O–H groups in total. The largest absolute Gasteiger partial charge is 0.384 e. The topological polar surface area (TPSA) is 112 Å². The predicted octanol–water partition coefficient (Wildman–Crippen LogP) is 1.57. The number of halogens is 1. The summed E-state index contributed by atoms with van der Waals surface area (Å²) in [5, 5.41) is 17.7. The van der Waals surface area contributed by atoms with Crippen LogP contribution in [-0.4, -0.2) is 19.7 Å². The van der Waals surface area contributed by atoms with Crippen LogP contribution in [0.4, 0.5) is 17.3 Å². The first-order valence-electron chi connectivity index (χ1n) is 5.29. The van der Waals surface area contributed by atoms with E-state index in [1.807, 2.05) is 0 Å². The molecule has 2 aromatic rings. The van der Waals surface area contributed by atoms with Crippen LogP contribution in [0, 0.1) is 10.1 Å². The Morgan fingerprint density at radius 3 is 2.84 bits per heavy atom. The van der Waals surface area contributed by atoms with Gasteiger partial charge in [-0.2, -0.15) is 5.10 Å². The van der Waals surface area contributed by atoms with Gasteiger partial charge < -0.3 is 11.1 Å². The highest BCUT2D eigenvalue weighted by Crippen LogP contribution is 2.24. The van der Waals surface area contributed by atoms with Gasteiger partial charge in [-0.15, -0.1) is 0 Å². The summed E-state index contributed by atoms with van der Waals surface area (Å²) < 4.78 is 1.54. The van der Waals surface area contributed by atoms with Gasteiger partial charge in [0.15, 0.2) is 0 Å². The van der Waals surface area contributed by atoms with Crippen LogP contribution in [0.15, 0.2) is 18.5 Å². The monoisotopic (exact) mass is 282 g/mol. The molecule has 0 atom stereocenters. The van der Waals surface area contributed by atoms with Crippen molar-refractivity contribution in [1.29, 1.82) is 0 Å². The third kappa shape index (κ3) is 2.74. The summed E-state index contributed by atoms with van der Waals surface area (Å²) >= 11 is 5.90. The number of aromatic nitrogens is 3. The molecule has 0 saturated heterocycles. The first kappa shape index (κ1) is 13.1. The minimum absolute atomic E-state index is 0.156. The number of aryl methyl sites for hydroxylation is 1. The second kappa shape index (κ2) is 5.11. The fourth-order valence-electron chi connectivity index (χ4n) is 1.47. The minimum Gasteiger partial charge on any atom is -0.384 e. The van der Waals surface area contributed by atoms with Gasteiger partial charge in [-0.05, 0) is 0 Å². The summed E-state index contributed by atoms with van der Waals surface area (Å²) in [5.41, 5.74) is 6.42. The molecular formula is C10H11ClN6O2. The zero-order chi connectivity index (χ0) is 14.0. The zero-order valence-corrected chi connectivity index (χ0v) is 10.8. The second-order valence-corrected chi connectivity index (χ2v) is 4.22. The molecule has 2 rings (SSSR count). The van der Waals surface area contributed by atoms with Gasteiger partial charge >= 0.3 is 0 Å². The van der Waals surface area contributed by atoms with Crippen LogP contribution >= 0.6 is 11.6 Å². The molecule has 100 valence electrons. The first-order valence-corrected chi connectivity index (χ1v) is 5.67. The van der Waals surface area contributed by atoms with Crippen molar-refractivity contribution in [2.24, 2.45) is 7.05 Å². The molecule has 2 heterocycles. The van der Waals surface area contributed by atoms with E-state index in [1.165, 1.54) is 6.07 Å². The summed E-state index contributed by atoms with van der Waals surface area (Å²) in [6.07, 6.45) is 2.77.